The van der Waals surface area contributed by atoms with Gasteiger partial charge in [-0.1, -0.05) is 26.2 Å². The number of ether oxygens (including phenoxy) is 2. The van der Waals surface area contributed by atoms with Gasteiger partial charge in [-0.2, -0.15) is 0 Å². The molecule has 6 heteroatoms. The van der Waals surface area contributed by atoms with Crippen LogP contribution in [0.2, 0.25) is 0 Å². The second-order valence-electron chi connectivity index (χ2n) is 7.66. The molecule has 6 nitrogen and oxygen atoms in total. The highest BCUT2D eigenvalue weighted by atomic mass is 16.5. The highest BCUT2D eigenvalue weighted by Gasteiger charge is 2.43. The van der Waals surface area contributed by atoms with E-state index in [4.69, 9.17) is 9.47 Å². The van der Waals surface area contributed by atoms with Crippen molar-refractivity contribution in [3.8, 4) is 5.75 Å². The van der Waals surface area contributed by atoms with Crippen molar-refractivity contribution in [2.24, 2.45) is 0 Å². The van der Waals surface area contributed by atoms with Crippen molar-refractivity contribution in [3.63, 3.8) is 0 Å². The van der Waals surface area contributed by atoms with Crippen molar-refractivity contribution < 1.29 is 19.1 Å². The van der Waals surface area contributed by atoms with Gasteiger partial charge in [-0.3, -0.25) is 14.5 Å². The summed E-state index contributed by atoms with van der Waals surface area (Å²) in [7, 11) is 1.73. The van der Waals surface area contributed by atoms with E-state index in [1.165, 1.54) is 24.2 Å². The molecule has 0 aromatic heterocycles. The van der Waals surface area contributed by atoms with Gasteiger partial charge < -0.3 is 9.47 Å². The molecule has 2 aliphatic rings. The Morgan fingerprint density at radius 1 is 1.04 bits per heavy atom. The molecule has 28 heavy (non-hydrogen) atoms. The highest BCUT2D eigenvalue weighted by Crippen LogP contribution is 2.29. The number of piperidine rings is 1. The molecule has 0 bridgehead atoms. The Balaban J connectivity index is 1.56. The summed E-state index contributed by atoms with van der Waals surface area (Å²) >= 11 is 0. The molecule has 3 rings (SSSR count). The first-order valence-corrected chi connectivity index (χ1v) is 10.5. The molecule has 2 amide bonds. The molecule has 154 valence electrons. The number of rotatable bonds is 9. The van der Waals surface area contributed by atoms with Gasteiger partial charge in [0.05, 0.1) is 30.9 Å². The van der Waals surface area contributed by atoms with Crippen LogP contribution in [-0.2, 0) is 14.3 Å². The Morgan fingerprint density at radius 2 is 1.75 bits per heavy atom. The van der Waals surface area contributed by atoms with Gasteiger partial charge in [0.25, 0.3) is 5.91 Å². The van der Waals surface area contributed by atoms with Crippen LogP contribution in [0.4, 0.5) is 5.69 Å². The summed E-state index contributed by atoms with van der Waals surface area (Å²) in [5.74, 6) is 0.531. The highest BCUT2D eigenvalue weighted by molar-refractivity contribution is 6.22. The predicted octanol–water partition coefficient (Wildman–Crippen LogP) is 3.39. The van der Waals surface area contributed by atoms with E-state index in [1.54, 1.807) is 19.2 Å². The third-order valence-corrected chi connectivity index (χ3v) is 5.74. The minimum absolute atomic E-state index is 0.117. The van der Waals surface area contributed by atoms with E-state index in [9.17, 15) is 9.59 Å². The molecule has 2 aliphatic heterocycles. The Morgan fingerprint density at radius 3 is 2.39 bits per heavy atom. The van der Waals surface area contributed by atoms with Crippen molar-refractivity contribution >= 4 is 17.5 Å². The van der Waals surface area contributed by atoms with Gasteiger partial charge in [0.1, 0.15) is 5.75 Å². The van der Waals surface area contributed by atoms with Gasteiger partial charge >= 0.3 is 0 Å². The van der Waals surface area contributed by atoms with Gasteiger partial charge in [-0.15, -0.1) is 0 Å². The summed E-state index contributed by atoms with van der Waals surface area (Å²) in [5.41, 5.74) is 0.627. The molecule has 0 aliphatic carbocycles. The van der Waals surface area contributed by atoms with Crippen LogP contribution < -0.4 is 9.64 Å². The van der Waals surface area contributed by atoms with E-state index in [-0.39, 0.29) is 30.4 Å². The fraction of sp³-hybridized carbons (Fsp3) is 0.636. The van der Waals surface area contributed by atoms with Crippen LogP contribution in [0.3, 0.4) is 0 Å². The van der Waals surface area contributed by atoms with Crippen LogP contribution in [0, 0.1) is 0 Å². The molecular weight excluding hydrogens is 356 g/mol. The van der Waals surface area contributed by atoms with E-state index in [2.05, 4.69) is 11.8 Å². The van der Waals surface area contributed by atoms with Crippen LogP contribution in [0.1, 0.15) is 51.9 Å². The van der Waals surface area contributed by atoms with Crippen LogP contribution in [-0.4, -0.2) is 55.7 Å². The first-order chi connectivity index (χ1) is 13.6. The zero-order valence-corrected chi connectivity index (χ0v) is 17.1. The van der Waals surface area contributed by atoms with Crippen molar-refractivity contribution in [1.29, 1.82) is 0 Å². The van der Waals surface area contributed by atoms with E-state index >= 15 is 0 Å². The Hall–Kier alpha value is -1.92. The number of anilines is 1. The van der Waals surface area contributed by atoms with Crippen LogP contribution in [0.25, 0.3) is 0 Å². The maximum Gasteiger partial charge on any atom is 0.251 e. The van der Waals surface area contributed by atoms with E-state index < -0.39 is 0 Å². The monoisotopic (exact) mass is 388 g/mol. The minimum atomic E-state index is -0.347. The van der Waals surface area contributed by atoms with Crippen molar-refractivity contribution in [3.05, 3.63) is 24.3 Å². The minimum Gasteiger partial charge on any atom is -0.494 e. The molecule has 1 aromatic carbocycles. The molecule has 2 heterocycles. The average molecular weight is 389 g/mol. The van der Waals surface area contributed by atoms with Crippen molar-refractivity contribution in [2.75, 3.05) is 31.7 Å². The Kier molecular flexibility index (Phi) is 7.45. The lowest BCUT2D eigenvalue weighted by Gasteiger charge is -2.34. The molecule has 2 saturated heterocycles. The van der Waals surface area contributed by atoms with E-state index in [1.807, 2.05) is 12.1 Å². The standard InChI is InChI=1S/C22H32N2O4/c1-3-4-5-6-15-28-19-9-7-17(8-10-19)24-21(25)16-20(22(24)26)23-13-11-18(27-2)12-14-23/h7-10,18,20H,3-6,11-16H2,1-2H3/t20-/m1/s1. The fourth-order valence-electron chi connectivity index (χ4n) is 4.01. The normalized spacial score (nSPS) is 21.5. The number of methoxy groups -OCH3 is 1. The molecule has 0 unspecified atom stereocenters. The molecule has 0 radical (unpaired) electrons. The molecule has 2 fully saturated rings. The van der Waals surface area contributed by atoms with Gasteiger partial charge in [0.15, 0.2) is 0 Å². The lowest BCUT2D eigenvalue weighted by atomic mass is 10.0. The largest absolute Gasteiger partial charge is 0.494 e. The lowest BCUT2D eigenvalue weighted by molar-refractivity contribution is -0.123. The number of carbonyl (C=O) groups is 2. The second kappa shape index (κ2) is 10.0. The first-order valence-electron chi connectivity index (χ1n) is 10.5. The molecule has 0 spiro atoms. The third kappa shape index (κ3) is 4.92. The number of hydrogen-bond donors (Lipinski definition) is 0. The summed E-state index contributed by atoms with van der Waals surface area (Å²) in [5, 5.41) is 0. The second-order valence-corrected chi connectivity index (χ2v) is 7.66. The predicted molar refractivity (Wildman–Crippen MR) is 109 cm³/mol. The number of benzene rings is 1. The molecule has 0 N–H and O–H groups in total. The van der Waals surface area contributed by atoms with Gasteiger partial charge in [0.2, 0.25) is 5.91 Å². The summed E-state index contributed by atoms with van der Waals surface area (Å²) in [6.07, 6.45) is 6.97. The van der Waals surface area contributed by atoms with Crippen molar-refractivity contribution in [2.45, 2.75) is 64.0 Å². The SMILES string of the molecule is CCCCCCOc1ccc(N2C(=O)C[C@@H](N3CCC(OC)CC3)C2=O)cc1. The third-order valence-electron chi connectivity index (χ3n) is 5.74. The lowest BCUT2D eigenvalue weighted by Crippen LogP contribution is -2.47. The average Bonchev–Trinajstić information content (AvgIpc) is 3.02. The zero-order chi connectivity index (χ0) is 19.9. The summed E-state index contributed by atoms with van der Waals surface area (Å²) in [6.45, 7) is 4.47. The maximum atomic E-state index is 12.9. The fourth-order valence-corrected chi connectivity index (χ4v) is 4.01. The van der Waals surface area contributed by atoms with Gasteiger partial charge in [0, 0.05) is 20.2 Å². The van der Waals surface area contributed by atoms with Gasteiger partial charge in [-0.05, 0) is 43.5 Å². The van der Waals surface area contributed by atoms with E-state index in [0.29, 0.717) is 12.3 Å². The maximum absolute atomic E-state index is 12.9. The van der Waals surface area contributed by atoms with Crippen LogP contribution >= 0.6 is 0 Å². The molecular formula is C22H32N2O4. The quantitative estimate of drug-likeness (QED) is 0.479. The number of imide groups is 1. The van der Waals surface area contributed by atoms with Gasteiger partial charge in [-0.25, -0.2) is 4.90 Å². The Labute approximate surface area is 167 Å². The number of carbonyl (C=O) groups excluding carboxylic acids is 2. The topological polar surface area (TPSA) is 59.1 Å². The number of amides is 2. The van der Waals surface area contributed by atoms with Crippen LogP contribution in [0.15, 0.2) is 24.3 Å². The molecule has 1 aromatic rings. The number of likely N-dealkylation sites (tertiary alicyclic amines) is 1. The summed E-state index contributed by atoms with van der Waals surface area (Å²) < 4.78 is 11.2. The molecule has 0 saturated carbocycles. The Bertz CT molecular complexity index is 653. The van der Waals surface area contributed by atoms with Crippen LogP contribution in [0.5, 0.6) is 5.75 Å². The van der Waals surface area contributed by atoms with Crippen molar-refractivity contribution in [1.82, 2.24) is 4.90 Å². The number of unbranched alkanes of at least 4 members (excludes halogenated alkanes) is 3. The zero-order valence-electron chi connectivity index (χ0n) is 17.1. The first kappa shape index (κ1) is 20.8. The number of nitrogens with zero attached hydrogens (tertiary/aromatic N) is 2. The number of hydrogen-bond acceptors (Lipinski definition) is 5. The molecule has 1 atom stereocenters. The smallest absolute Gasteiger partial charge is 0.251 e. The summed E-state index contributed by atoms with van der Waals surface area (Å²) in [6, 6.07) is 6.94. The summed E-state index contributed by atoms with van der Waals surface area (Å²) in [4.78, 5) is 28.9. The van der Waals surface area contributed by atoms with E-state index in [0.717, 1.165) is 38.1 Å².